The van der Waals surface area contributed by atoms with E-state index in [1.54, 1.807) is 0 Å². The van der Waals surface area contributed by atoms with Gasteiger partial charge in [0.15, 0.2) is 0 Å². The maximum atomic E-state index is 3.92. The maximum Gasteiger partial charge on any atom is -0.0262 e. The Morgan fingerprint density at radius 1 is 0.750 bits per heavy atom. The highest BCUT2D eigenvalue weighted by Gasteiger charge is 1.93. The lowest BCUT2D eigenvalue weighted by atomic mass is 10.1. The SMILES string of the molecule is C=C(P)/C=C\C(=C)C(=C)/C=C\C(=C)C(=C)C. The zero-order chi connectivity index (χ0) is 12.7. The second-order valence-corrected chi connectivity index (χ2v) is 4.34. The van der Waals surface area contributed by atoms with Gasteiger partial charge in [0.25, 0.3) is 0 Å². The topological polar surface area (TPSA) is 0 Å². The minimum Gasteiger partial charge on any atom is -0.106 e. The molecule has 0 rings (SSSR count). The minimum absolute atomic E-state index is 0.852. The zero-order valence-electron chi connectivity index (χ0n) is 9.92. The van der Waals surface area contributed by atoms with E-state index in [1.165, 1.54) is 0 Å². The summed E-state index contributed by atoms with van der Waals surface area (Å²) in [6, 6.07) is 0. The normalized spacial score (nSPS) is 10.6. The summed E-state index contributed by atoms with van der Waals surface area (Å²) >= 11 is 0. The summed E-state index contributed by atoms with van der Waals surface area (Å²) in [4.78, 5) is 0. The van der Waals surface area contributed by atoms with Gasteiger partial charge < -0.3 is 0 Å². The van der Waals surface area contributed by atoms with E-state index in [2.05, 4.69) is 42.1 Å². The van der Waals surface area contributed by atoms with Crippen LogP contribution in [-0.4, -0.2) is 0 Å². The van der Waals surface area contributed by atoms with Crippen LogP contribution >= 0.6 is 9.24 Å². The van der Waals surface area contributed by atoms with Crippen LogP contribution in [0.4, 0.5) is 0 Å². The Kier molecular flexibility index (Phi) is 6.37. The number of allylic oxidation sites excluding steroid dienone is 9. The van der Waals surface area contributed by atoms with Crippen molar-refractivity contribution in [3.05, 3.63) is 84.8 Å². The van der Waals surface area contributed by atoms with Crippen molar-refractivity contribution in [1.29, 1.82) is 0 Å². The van der Waals surface area contributed by atoms with Gasteiger partial charge in [-0.25, -0.2) is 0 Å². The second kappa shape index (κ2) is 6.98. The molecule has 0 heterocycles. The third-order valence-corrected chi connectivity index (χ3v) is 2.14. The largest absolute Gasteiger partial charge is 0.106 e. The lowest BCUT2D eigenvalue weighted by Gasteiger charge is -2.00. The summed E-state index contributed by atoms with van der Waals surface area (Å²) in [7, 11) is 2.51. The van der Waals surface area contributed by atoms with Gasteiger partial charge in [0.1, 0.15) is 0 Å². The van der Waals surface area contributed by atoms with E-state index in [1.807, 2.05) is 31.2 Å². The lowest BCUT2D eigenvalue weighted by molar-refractivity contribution is 1.46. The fraction of sp³-hybridized carbons (Fsp3) is 0.0667. The van der Waals surface area contributed by atoms with Crippen LogP contribution in [0.15, 0.2) is 84.8 Å². The van der Waals surface area contributed by atoms with Crippen molar-refractivity contribution in [3.8, 4) is 0 Å². The fourth-order valence-corrected chi connectivity index (χ4v) is 0.861. The van der Waals surface area contributed by atoms with E-state index in [9.17, 15) is 0 Å². The number of hydrogen-bond acceptors (Lipinski definition) is 0. The van der Waals surface area contributed by atoms with Crippen molar-refractivity contribution >= 4 is 9.24 Å². The van der Waals surface area contributed by atoms with Crippen molar-refractivity contribution in [2.45, 2.75) is 6.92 Å². The molecule has 0 aromatic heterocycles. The monoisotopic (exact) mass is 230 g/mol. The molecule has 0 saturated carbocycles. The van der Waals surface area contributed by atoms with Crippen LogP contribution in [0.3, 0.4) is 0 Å². The zero-order valence-corrected chi connectivity index (χ0v) is 11.1. The van der Waals surface area contributed by atoms with Crippen molar-refractivity contribution in [2.24, 2.45) is 0 Å². The molecule has 0 spiro atoms. The molecule has 0 nitrogen and oxygen atoms in total. The fourth-order valence-electron chi connectivity index (χ4n) is 0.765. The van der Waals surface area contributed by atoms with E-state index < -0.39 is 0 Å². The Bertz CT molecular complexity index is 403. The Morgan fingerprint density at radius 3 is 1.50 bits per heavy atom. The Morgan fingerprint density at radius 2 is 1.12 bits per heavy atom. The molecular formula is C15H19P. The molecule has 0 aliphatic heterocycles. The van der Waals surface area contributed by atoms with Crippen LogP contribution in [0.1, 0.15) is 6.92 Å². The van der Waals surface area contributed by atoms with E-state index in [4.69, 9.17) is 0 Å². The Labute approximate surface area is 101 Å². The average molecular weight is 230 g/mol. The predicted molar refractivity (Wildman–Crippen MR) is 79.4 cm³/mol. The standard InChI is InChI=1S/C15H19P/c1-11(2)12(3)7-8-13(4)14(5)9-10-15(6)16/h7-10H,1,3-6,16H2,2H3/b8-7-,10-9-. The van der Waals surface area contributed by atoms with Crippen molar-refractivity contribution in [3.63, 3.8) is 0 Å². The van der Waals surface area contributed by atoms with Gasteiger partial charge in [-0.15, -0.1) is 9.24 Å². The third kappa shape index (κ3) is 6.16. The molecule has 16 heavy (non-hydrogen) atoms. The van der Waals surface area contributed by atoms with Crippen molar-refractivity contribution in [1.82, 2.24) is 0 Å². The Hall–Kier alpha value is -1.39. The molecule has 1 atom stereocenters. The molecular weight excluding hydrogens is 211 g/mol. The van der Waals surface area contributed by atoms with Gasteiger partial charge in [0.05, 0.1) is 0 Å². The van der Waals surface area contributed by atoms with Crippen LogP contribution in [0.2, 0.25) is 0 Å². The summed E-state index contributed by atoms with van der Waals surface area (Å²) in [5.74, 6) is 0. The van der Waals surface area contributed by atoms with E-state index in [-0.39, 0.29) is 0 Å². The summed E-state index contributed by atoms with van der Waals surface area (Å²) in [6.07, 6.45) is 7.53. The van der Waals surface area contributed by atoms with Gasteiger partial charge in [-0.2, -0.15) is 0 Å². The molecule has 0 aromatic carbocycles. The first-order chi connectivity index (χ1) is 7.34. The maximum absolute atomic E-state index is 3.92. The van der Waals surface area contributed by atoms with Gasteiger partial charge in [-0.1, -0.05) is 62.8 Å². The van der Waals surface area contributed by atoms with Crippen LogP contribution in [-0.2, 0) is 0 Å². The van der Waals surface area contributed by atoms with E-state index >= 15 is 0 Å². The average Bonchev–Trinajstić information content (AvgIpc) is 2.21. The third-order valence-electron chi connectivity index (χ3n) is 1.94. The van der Waals surface area contributed by atoms with Crippen molar-refractivity contribution < 1.29 is 0 Å². The first kappa shape index (κ1) is 14.6. The molecule has 1 unspecified atom stereocenters. The second-order valence-electron chi connectivity index (χ2n) is 3.60. The highest BCUT2D eigenvalue weighted by atomic mass is 31.0. The number of rotatable bonds is 6. The highest BCUT2D eigenvalue weighted by Crippen LogP contribution is 2.14. The molecule has 0 N–H and O–H groups in total. The smallest absolute Gasteiger partial charge is 0.0262 e. The van der Waals surface area contributed by atoms with E-state index in [0.717, 1.165) is 27.6 Å². The van der Waals surface area contributed by atoms with Gasteiger partial charge >= 0.3 is 0 Å². The summed E-state index contributed by atoms with van der Waals surface area (Å²) in [5.41, 5.74) is 3.55. The van der Waals surface area contributed by atoms with Crippen LogP contribution in [0.5, 0.6) is 0 Å². The molecule has 0 aromatic rings. The van der Waals surface area contributed by atoms with Crippen LogP contribution < -0.4 is 0 Å². The first-order valence-electron chi connectivity index (χ1n) is 4.88. The lowest BCUT2D eigenvalue weighted by Crippen LogP contribution is -1.80. The van der Waals surface area contributed by atoms with Crippen LogP contribution in [0, 0.1) is 0 Å². The molecule has 0 amide bonds. The molecule has 1 heteroatoms. The minimum atomic E-state index is 0.852. The van der Waals surface area contributed by atoms with Gasteiger partial charge in [-0.05, 0) is 29.0 Å². The summed E-state index contributed by atoms with van der Waals surface area (Å²) in [6.45, 7) is 21.2. The highest BCUT2D eigenvalue weighted by molar-refractivity contribution is 7.22. The Balaban J connectivity index is 4.49. The van der Waals surface area contributed by atoms with Gasteiger partial charge in [0, 0.05) is 0 Å². The summed E-state index contributed by atoms with van der Waals surface area (Å²) in [5, 5.41) is 0.907. The quantitative estimate of drug-likeness (QED) is 0.457. The van der Waals surface area contributed by atoms with Crippen molar-refractivity contribution in [2.75, 3.05) is 0 Å². The molecule has 0 fully saturated rings. The molecule has 0 aliphatic rings. The molecule has 0 aliphatic carbocycles. The molecule has 0 saturated heterocycles. The summed E-state index contributed by atoms with van der Waals surface area (Å²) < 4.78 is 0. The van der Waals surface area contributed by atoms with Gasteiger partial charge in [-0.3, -0.25) is 0 Å². The van der Waals surface area contributed by atoms with Gasteiger partial charge in [0.2, 0.25) is 0 Å². The predicted octanol–water partition coefficient (Wildman–Crippen LogP) is 4.73. The molecule has 84 valence electrons. The van der Waals surface area contributed by atoms with E-state index in [0.29, 0.717) is 0 Å². The molecule has 0 radical (unpaired) electrons. The molecule has 0 bridgehead atoms. The van der Waals surface area contributed by atoms with Crippen LogP contribution in [0.25, 0.3) is 0 Å². The number of hydrogen-bond donors (Lipinski definition) is 0. The first-order valence-corrected chi connectivity index (χ1v) is 5.46.